The van der Waals surface area contributed by atoms with Crippen molar-refractivity contribution >= 4 is 11.9 Å². The van der Waals surface area contributed by atoms with Gasteiger partial charge in [-0.15, -0.1) is 0 Å². The normalized spacial score (nSPS) is 9.91. The van der Waals surface area contributed by atoms with Crippen LogP contribution in [0.15, 0.2) is 54.9 Å². The maximum absolute atomic E-state index is 11.6. The minimum absolute atomic E-state index is 0.206. The molecule has 0 aliphatic heterocycles. The largest absolute Gasteiger partial charge is 0.619 e. The predicted octanol–water partition coefficient (Wildman–Crippen LogP) is 0.672. The zero-order valence-corrected chi connectivity index (χ0v) is 12.3. The Labute approximate surface area is 133 Å². The van der Waals surface area contributed by atoms with Gasteiger partial charge in [-0.3, -0.25) is 4.79 Å². The molecule has 1 heterocycles. The van der Waals surface area contributed by atoms with Crippen molar-refractivity contribution in [1.29, 1.82) is 0 Å². The van der Waals surface area contributed by atoms with E-state index in [1.54, 1.807) is 0 Å². The molecule has 0 aliphatic carbocycles. The Bertz CT molecular complexity index is 643. The number of hydrogen-bond donors (Lipinski definition) is 1. The molecule has 7 nitrogen and oxygen atoms in total. The third kappa shape index (κ3) is 5.66. The maximum Gasteiger partial charge on any atom is 0.339 e. The molecule has 2 rings (SSSR count). The predicted molar refractivity (Wildman–Crippen MR) is 80.6 cm³/mol. The number of carbonyl (C=O) groups excluding carboxylic acids is 2. The van der Waals surface area contributed by atoms with Crippen molar-refractivity contribution in [3.05, 3.63) is 65.6 Å². The van der Waals surface area contributed by atoms with Gasteiger partial charge in [-0.1, -0.05) is 18.2 Å². The standard InChI is InChI=1S/C16H16N2O5/c19-15(17-8-11-22-14-4-2-1-3-5-14)12-23-16(20)13-6-9-18(21)10-7-13/h1-7,9-10H,8,11-12H2,(H,17,19). The van der Waals surface area contributed by atoms with E-state index >= 15 is 0 Å². The molecule has 0 fully saturated rings. The molecule has 0 aliphatic rings. The van der Waals surface area contributed by atoms with Crippen LogP contribution < -0.4 is 14.8 Å². The summed E-state index contributed by atoms with van der Waals surface area (Å²) >= 11 is 0. The van der Waals surface area contributed by atoms with E-state index in [4.69, 9.17) is 9.47 Å². The van der Waals surface area contributed by atoms with Crippen molar-refractivity contribution in [2.24, 2.45) is 0 Å². The van der Waals surface area contributed by atoms with Crippen LogP contribution in [0, 0.1) is 5.21 Å². The molecule has 2 aromatic rings. The Hall–Kier alpha value is -3.09. The summed E-state index contributed by atoms with van der Waals surface area (Å²) in [4.78, 5) is 23.2. The first-order valence-electron chi connectivity index (χ1n) is 6.95. The zero-order chi connectivity index (χ0) is 16.5. The topological polar surface area (TPSA) is 91.6 Å². The molecule has 0 spiro atoms. The Kier molecular flexibility index (Phi) is 5.93. The molecule has 1 aromatic heterocycles. The fourth-order valence-electron chi connectivity index (χ4n) is 1.69. The summed E-state index contributed by atoms with van der Waals surface area (Å²) < 4.78 is 10.8. The van der Waals surface area contributed by atoms with E-state index < -0.39 is 18.5 Å². The van der Waals surface area contributed by atoms with E-state index in [9.17, 15) is 14.8 Å². The molecule has 1 N–H and O–H groups in total. The smallest absolute Gasteiger partial charge is 0.339 e. The lowest BCUT2D eigenvalue weighted by Gasteiger charge is -2.08. The number of carbonyl (C=O) groups is 2. The lowest BCUT2D eigenvalue weighted by Crippen LogP contribution is -2.32. The Morgan fingerprint density at radius 3 is 2.48 bits per heavy atom. The van der Waals surface area contributed by atoms with Crippen LogP contribution in [0.5, 0.6) is 5.75 Å². The molecule has 0 bridgehead atoms. The van der Waals surface area contributed by atoms with Gasteiger partial charge < -0.3 is 20.0 Å². The fourth-order valence-corrected chi connectivity index (χ4v) is 1.69. The van der Waals surface area contributed by atoms with Gasteiger partial charge >= 0.3 is 5.97 Å². The second kappa shape index (κ2) is 8.38. The number of nitrogens with zero attached hydrogens (tertiary/aromatic N) is 1. The van der Waals surface area contributed by atoms with Crippen LogP contribution in [0.3, 0.4) is 0 Å². The molecule has 120 valence electrons. The average Bonchev–Trinajstić information content (AvgIpc) is 2.58. The first kappa shape index (κ1) is 16.3. The molecular weight excluding hydrogens is 300 g/mol. The number of esters is 1. The molecule has 0 radical (unpaired) electrons. The van der Waals surface area contributed by atoms with Gasteiger partial charge in [0.1, 0.15) is 12.4 Å². The third-order valence-corrected chi connectivity index (χ3v) is 2.81. The molecule has 0 atom stereocenters. The number of hydrogen-bond acceptors (Lipinski definition) is 5. The highest BCUT2D eigenvalue weighted by Crippen LogP contribution is 2.07. The highest BCUT2D eigenvalue weighted by atomic mass is 16.5. The Morgan fingerprint density at radius 2 is 1.78 bits per heavy atom. The first-order valence-corrected chi connectivity index (χ1v) is 6.95. The van der Waals surface area contributed by atoms with Crippen LogP contribution in [0.4, 0.5) is 0 Å². The van der Waals surface area contributed by atoms with Gasteiger partial charge in [0.05, 0.1) is 12.1 Å². The Morgan fingerprint density at radius 1 is 1.09 bits per heavy atom. The van der Waals surface area contributed by atoms with Crippen molar-refractivity contribution in [1.82, 2.24) is 5.32 Å². The van der Waals surface area contributed by atoms with Crippen molar-refractivity contribution < 1.29 is 23.8 Å². The zero-order valence-electron chi connectivity index (χ0n) is 12.3. The summed E-state index contributed by atoms with van der Waals surface area (Å²) in [7, 11) is 0. The van der Waals surface area contributed by atoms with Crippen molar-refractivity contribution in [2.45, 2.75) is 0 Å². The summed E-state index contributed by atoms with van der Waals surface area (Å²) in [6, 6.07) is 11.9. The van der Waals surface area contributed by atoms with Crippen LogP contribution >= 0.6 is 0 Å². The van der Waals surface area contributed by atoms with Crippen molar-refractivity contribution in [3.63, 3.8) is 0 Å². The SMILES string of the molecule is O=C(COC(=O)c1cc[n+]([O-])cc1)NCCOc1ccccc1. The molecule has 7 heteroatoms. The number of rotatable bonds is 7. The van der Waals surface area contributed by atoms with Gasteiger partial charge in [0.25, 0.3) is 5.91 Å². The van der Waals surface area contributed by atoms with E-state index in [0.717, 1.165) is 0 Å². The second-order valence-corrected chi connectivity index (χ2v) is 4.53. The van der Waals surface area contributed by atoms with Crippen LogP contribution in [0.25, 0.3) is 0 Å². The lowest BCUT2D eigenvalue weighted by atomic mass is 10.3. The number of nitrogens with one attached hydrogen (secondary N) is 1. The van der Waals surface area contributed by atoms with Crippen LogP contribution in [-0.4, -0.2) is 31.6 Å². The number of pyridine rings is 1. The van der Waals surface area contributed by atoms with E-state index in [0.29, 0.717) is 23.6 Å². The summed E-state index contributed by atoms with van der Waals surface area (Å²) in [5, 5.41) is 13.4. The van der Waals surface area contributed by atoms with Gasteiger partial charge in [-0.05, 0) is 12.1 Å². The van der Waals surface area contributed by atoms with E-state index in [-0.39, 0.29) is 5.56 Å². The molecule has 0 unspecified atom stereocenters. The van der Waals surface area contributed by atoms with E-state index in [1.807, 2.05) is 30.3 Å². The molecule has 0 saturated carbocycles. The summed E-state index contributed by atoms with van der Waals surface area (Å²) in [5.41, 5.74) is 0.206. The third-order valence-electron chi connectivity index (χ3n) is 2.81. The molecular formula is C16H16N2O5. The minimum Gasteiger partial charge on any atom is -0.619 e. The highest BCUT2D eigenvalue weighted by Gasteiger charge is 2.10. The first-order chi connectivity index (χ1) is 11.1. The maximum atomic E-state index is 11.6. The molecule has 1 amide bonds. The summed E-state index contributed by atoms with van der Waals surface area (Å²) in [5.74, 6) is -0.376. The van der Waals surface area contributed by atoms with E-state index in [1.165, 1.54) is 24.5 Å². The fraction of sp³-hybridized carbons (Fsp3) is 0.188. The molecule has 0 saturated heterocycles. The number of aromatic nitrogens is 1. The number of ether oxygens (including phenoxy) is 2. The molecule has 1 aromatic carbocycles. The second-order valence-electron chi connectivity index (χ2n) is 4.53. The summed E-state index contributed by atoms with van der Waals surface area (Å²) in [6.07, 6.45) is 2.36. The number of amides is 1. The van der Waals surface area contributed by atoms with Crippen molar-refractivity contribution in [3.8, 4) is 5.75 Å². The van der Waals surface area contributed by atoms with Gasteiger partial charge in [-0.25, -0.2) is 4.79 Å². The quantitative estimate of drug-likeness (QED) is 0.351. The van der Waals surface area contributed by atoms with Gasteiger partial charge in [0.2, 0.25) is 0 Å². The Balaban J connectivity index is 1.63. The van der Waals surface area contributed by atoms with Gasteiger partial charge in [-0.2, -0.15) is 4.73 Å². The van der Waals surface area contributed by atoms with E-state index in [2.05, 4.69) is 5.32 Å². The number of benzene rings is 1. The van der Waals surface area contributed by atoms with Gasteiger partial charge in [0, 0.05) is 12.1 Å². The van der Waals surface area contributed by atoms with Gasteiger partial charge in [0.15, 0.2) is 19.0 Å². The molecule has 23 heavy (non-hydrogen) atoms. The van der Waals surface area contributed by atoms with Crippen molar-refractivity contribution in [2.75, 3.05) is 19.8 Å². The van der Waals surface area contributed by atoms with Crippen LogP contribution in [0.1, 0.15) is 10.4 Å². The van der Waals surface area contributed by atoms with Crippen LogP contribution in [0.2, 0.25) is 0 Å². The van der Waals surface area contributed by atoms with Crippen LogP contribution in [-0.2, 0) is 9.53 Å². The summed E-state index contributed by atoms with van der Waals surface area (Å²) in [6.45, 7) is 0.217. The lowest BCUT2D eigenvalue weighted by molar-refractivity contribution is -0.605. The minimum atomic E-state index is -0.665. The average molecular weight is 316 g/mol. The highest BCUT2D eigenvalue weighted by molar-refractivity contribution is 5.91. The monoisotopic (exact) mass is 316 g/mol. The number of para-hydroxylation sites is 1.